The van der Waals surface area contributed by atoms with Gasteiger partial charge >= 0.3 is 0 Å². The van der Waals surface area contributed by atoms with Crippen LogP contribution >= 0.6 is 0 Å². The molecule has 6 rings (SSSR count). The fourth-order valence-corrected chi connectivity index (χ4v) is 4.74. The normalized spacial score (nSPS) is 14.5. The number of aromatic amines is 1. The summed E-state index contributed by atoms with van der Waals surface area (Å²) in [5.74, 6) is 0.910. The van der Waals surface area contributed by atoms with Gasteiger partial charge in [-0.3, -0.25) is 9.88 Å². The third kappa shape index (κ3) is 4.30. The number of para-hydroxylation sites is 2. The minimum absolute atomic E-state index is 0.910. The van der Waals surface area contributed by atoms with E-state index in [1.807, 2.05) is 30.6 Å². The number of nitrogens with zero attached hydrogens (tertiary/aromatic N) is 4. The van der Waals surface area contributed by atoms with Crippen molar-refractivity contribution in [2.24, 2.45) is 0 Å². The summed E-state index contributed by atoms with van der Waals surface area (Å²) < 4.78 is 0. The van der Waals surface area contributed by atoms with Gasteiger partial charge in [0.25, 0.3) is 0 Å². The molecule has 3 heterocycles. The highest BCUT2D eigenvalue weighted by atomic mass is 15.3. The number of piperazine rings is 1. The smallest absolute Gasteiger partial charge is 0.138 e. The molecule has 0 saturated carbocycles. The Morgan fingerprint density at radius 1 is 0.706 bits per heavy atom. The first-order valence-electron chi connectivity index (χ1n) is 11.8. The number of H-pyrrole nitrogens is 1. The van der Waals surface area contributed by atoms with Crippen molar-refractivity contribution in [2.45, 2.75) is 6.54 Å². The highest BCUT2D eigenvalue weighted by Gasteiger charge is 2.17. The van der Waals surface area contributed by atoms with Crippen molar-refractivity contribution < 1.29 is 0 Å². The molecule has 5 heteroatoms. The lowest BCUT2D eigenvalue weighted by Crippen LogP contribution is -2.45. The van der Waals surface area contributed by atoms with Crippen LogP contribution in [-0.2, 0) is 6.54 Å². The van der Waals surface area contributed by atoms with Crippen LogP contribution in [0.4, 0.5) is 5.69 Å². The van der Waals surface area contributed by atoms with Crippen molar-refractivity contribution in [3.05, 3.63) is 103 Å². The fourth-order valence-electron chi connectivity index (χ4n) is 4.74. The van der Waals surface area contributed by atoms with Crippen molar-refractivity contribution in [3.8, 4) is 22.5 Å². The average Bonchev–Trinajstić information content (AvgIpc) is 3.34. The molecule has 5 aromatic rings. The molecular weight excluding hydrogens is 418 g/mol. The van der Waals surface area contributed by atoms with Crippen LogP contribution in [-0.4, -0.2) is 46.0 Å². The van der Waals surface area contributed by atoms with Gasteiger partial charge in [0.2, 0.25) is 0 Å². The van der Waals surface area contributed by atoms with Gasteiger partial charge in [-0.15, -0.1) is 0 Å². The number of anilines is 1. The van der Waals surface area contributed by atoms with Gasteiger partial charge in [-0.25, -0.2) is 4.98 Å². The number of aromatic nitrogens is 3. The van der Waals surface area contributed by atoms with Crippen molar-refractivity contribution >= 4 is 16.7 Å². The second-order valence-corrected chi connectivity index (χ2v) is 8.85. The lowest BCUT2D eigenvalue weighted by molar-refractivity contribution is 0.250. The molecule has 1 N–H and O–H groups in total. The second-order valence-electron chi connectivity index (χ2n) is 8.85. The number of imidazole rings is 1. The SMILES string of the molecule is c1cc(CN2CCN(c3ccncc3)CC2)cc(-c2ccc(-c3nc4ccccc4[nH]3)cc2)c1. The maximum Gasteiger partial charge on any atom is 0.138 e. The zero-order valence-electron chi connectivity index (χ0n) is 19.1. The summed E-state index contributed by atoms with van der Waals surface area (Å²) in [4.78, 5) is 17.3. The Hall–Kier alpha value is -3.96. The molecule has 1 aliphatic rings. The molecule has 1 fully saturated rings. The number of benzene rings is 3. The quantitative estimate of drug-likeness (QED) is 0.382. The van der Waals surface area contributed by atoms with E-state index in [4.69, 9.17) is 4.98 Å². The highest BCUT2D eigenvalue weighted by molar-refractivity contribution is 5.79. The zero-order valence-corrected chi connectivity index (χ0v) is 19.1. The van der Waals surface area contributed by atoms with E-state index in [0.29, 0.717) is 0 Å². The highest BCUT2D eigenvalue weighted by Crippen LogP contribution is 2.26. The predicted molar refractivity (Wildman–Crippen MR) is 139 cm³/mol. The maximum absolute atomic E-state index is 4.72. The number of hydrogen-bond acceptors (Lipinski definition) is 4. The molecule has 0 atom stereocenters. The average molecular weight is 446 g/mol. The molecule has 0 radical (unpaired) electrons. The summed E-state index contributed by atoms with van der Waals surface area (Å²) >= 11 is 0. The van der Waals surface area contributed by atoms with Crippen LogP contribution in [0.3, 0.4) is 0 Å². The van der Waals surface area contributed by atoms with Gasteiger partial charge in [0.15, 0.2) is 0 Å². The Labute approximate surface area is 199 Å². The molecule has 0 unspecified atom stereocenters. The van der Waals surface area contributed by atoms with Gasteiger partial charge in [-0.2, -0.15) is 0 Å². The summed E-state index contributed by atoms with van der Waals surface area (Å²) in [7, 11) is 0. The van der Waals surface area contributed by atoms with Crippen molar-refractivity contribution in [1.82, 2.24) is 19.9 Å². The van der Waals surface area contributed by atoms with Crippen LogP contribution in [0.2, 0.25) is 0 Å². The van der Waals surface area contributed by atoms with E-state index in [0.717, 1.165) is 55.1 Å². The first-order chi connectivity index (χ1) is 16.8. The maximum atomic E-state index is 4.72. The summed E-state index contributed by atoms with van der Waals surface area (Å²) in [6.07, 6.45) is 3.74. The molecule has 2 aromatic heterocycles. The number of hydrogen-bond donors (Lipinski definition) is 1. The molecule has 168 valence electrons. The van der Waals surface area contributed by atoms with Crippen LogP contribution in [0.5, 0.6) is 0 Å². The Morgan fingerprint density at radius 2 is 1.47 bits per heavy atom. The van der Waals surface area contributed by atoms with E-state index >= 15 is 0 Å². The van der Waals surface area contributed by atoms with E-state index in [-0.39, 0.29) is 0 Å². The monoisotopic (exact) mass is 445 g/mol. The Bertz CT molecular complexity index is 1350. The molecule has 0 aliphatic carbocycles. The molecule has 5 nitrogen and oxygen atoms in total. The van der Waals surface area contributed by atoms with Crippen LogP contribution in [0.1, 0.15) is 5.56 Å². The third-order valence-electron chi connectivity index (χ3n) is 6.61. The van der Waals surface area contributed by atoms with Gasteiger partial charge in [0.1, 0.15) is 5.82 Å². The van der Waals surface area contributed by atoms with Crippen molar-refractivity contribution in [2.75, 3.05) is 31.1 Å². The molecule has 0 spiro atoms. The van der Waals surface area contributed by atoms with Crippen molar-refractivity contribution in [1.29, 1.82) is 0 Å². The fraction of sp³-hybridized carbons (Fsp3) is 0.172. The van der Waals surface area contributed by atoms with E-state index in [2.05, 4.69) is 86.5 Å². The molecule has 0 amide bonds. The minimum Gasteiger partial charge on any atom is -0.369 e. The van der Waals surface area contributed by atoms with Gasteiger partial charge < -0.3 is 9.88 Å². The number of rotatable bonds is 5. The number of pyridine rings is 1. The summed E-state index contributed by atoms with van der Waals surface area (Å²) in [5, 5.41) is 0. The van der Waals surface area contributed by atoms with Crippen LogP contribution < -0.4 is 4.90 Å². The van der Waals surface area contributed by atoms with Crippen LogP contribution in [0, 0.1) is 0 Å². The predicted octanol–water partition coefficient (Wildman–Crippen LogP) is 5.61. The topological polar surface area (TPSA) is 48.1 Å². The molecule has 1 saturated heterocycles. The Balaban J connectivity index is 1.13. The summed E-state index contributed by atoms with van der Waals surface area (Å²) in [5.41, 5.74) is 8.27. The number of fused-ring (bicyclic) bond motifs is 1. The number of nitrogens with one attached hydrogen (secondary N) is 1. The summed E-state index contributed by atoms with van der Waals surface area (Å²) in [6.45, 7) is 5.21. The third-order valence-corrected chi connectivity index (χ3v) is 6.61. The van der Waals surface area contributed by atoms with Crippen molar-refractivity contribution in [3.63, 3.8) is 0 Å². The Morgan fingerprint density at radius 3 is 2.26 bits per heavy atom. The molecular formula is C29H27N5. The lowest BCUT2D eigenvalue weighted by atomic mass is 10.0. The van der Waals surface area contributed by atoms with Crippen LogP contribution in [0.15, 0.2) is 97.3 Å². The van der Waals surface area contributed by atoms with Crippen LogP contribution in [0.25, 0.3) is 33.5 Å². The molecule has 0 bridgehead atoms. The van der Waals surface area contributed by atoms with Gasteiger partial charge in [-0.05, 0) is 47.0 Å². The molecule has 34 heavy (non-hydrogen) atoms. The van der Waals surface area contributed by atoms with E-state index < -0.39 is 0 Å². The first kappa shape index (κ1) is 20.6. The standard InChI is InChI=1S/C29H27N5/c1-2-7-28-27(6-1)31-29(32-28)24-10-8-23(9-11-24)25-5-3-4-22(20-25)21-33-16-18-34(19-17-33)26-12-14-30-15-13-26/h1-15,20H,16-19,21H2,(H,31,32). The van der Waals surface area contributed by atoms with E-state index in [1.54, 1.807) is 0 Å². The van der Waals surface area contributed by atoms with E-state index in [1.165, 1.54) is 22.4 Å². The van der Waals surface area contributed by atoms with Gasteiger partial charge in [0.05, 0.1) is 11.0 Å². The first-order valence-corrected chi connectivity index (χ1v) is 11.8. The Kier molecular flexibility index (Phi) is 5.53. The van der Waals surface area contributed by atoms with E-state index in [9.17, 15) is 0 Å². The molecule has 3 aromatic carbocycles. The minimum atomic E-state index is 0.910. The zero-order chi connectivity index (χ0) is 22.7. The molecule has 1 aliphatic heterocycles. The largest absolute Gasteiger partial charge is 0.369 e. The van der Waals surface area contributed by atoms with Gasteiger partial charge in [0, 0.05) is 56.4 Å². The second kappa shape index (κ2) is 9.12. The summed E-state index contributed by atoms with van der Waals surface area (Å²) in [6, 6.07) is 29.9. The lowest BCUT2D eigenvalue weighted by Gasteiger charge is -2.36. The van der Waals surface area contributed by atoms with Gasteiger partial charge in [-0.1, -0.05) is 54.6 Å².